The van der Waals surface area contributed by atoms with Crippen LogP contribution in [0.1, 0.15) is 37.1 Å². The van der Waals surface area contributed by atoms with E-state index in [1.54, 1.807) is 12.3 Å². The Morgan fingerprint density at radius 3 is 2.72 bits per heavy atom. The normalized spacial score (nSPS) is 18.1. The number of piperazine rings is 1. The lowest BCUT2D eigenvalue weighted by Crippen LogP contribution is -2.54. The van der Waals surface area contributed by atoms with Crippen LogP contribution in [0.5, 0.6) is 0 Å². The number of hydrogen-bond acceptors (Lipinski definition) is 5. The second kappa shape index (κ2) is 9.46. The van der Waals surface area contributed by atoms with Crippen LogP contribution < -0.4 is 10.2 Å². The first kappa shape index (κ1) is 19.3. The van der Waals surface area contributed by atoms with Gasteiger partial charge in [0, 0.05) is 45.2 Å². The summed E-state index contributed by atoms with van der Waals surface area (Å²) < 4.78 is 5.44. The first-order valence-electron chi connectivity index (χ1n) is 10.5. The quantitative estimate of drug-likeness (QED) is 0.623. The first-order valence-corrected chi connectivity index (χ1v) is 10.5. The molecular formula is C22H28N6O. The highest BCUT2D eigenvalue weighted by molar-refractivity contribution is 5.80. The Labute approximate surface area is 172 Å². The predicted molar refractivity (Wildman–Crippen MR) is 113 cm³/mol. The molecule has 1 aliphatic carbocycles. The molecule has 3 heterocycles. The average Bonchev–Trinajstić information content (AvgIpc) is 3.48. The number of pyridine rings is 1. The molecule has 0 aromatic carbocycles. The second-order valence-corrected chi connectivity index (χ2v) is 7.63. The Morgan fingerprint density at radius 2 is 2.00 bits per heavy atom. The molecule has 29 heavy (non-hydrogen) atoms. The summed E-state index contributed by atoms with van der Waals surface area (Å²) in [5, 5.41) is 12.8. The summed E-state index contributed by atoms with van der Waals surface area (Å²) in [4.78, 5) is 13.9. The van der Waals surface area contributed by atoms with Crippen LogP contribution in [0, 0.1) is 11.3 Å². The number of nitrogens with zero attached hydrogens (tertiary/aromatic N) is 5. The van der Waals surface area contributed by atoms with Crippen LogP contribution in [-0.2, 0) is 6.42 Å². The second-order valence-electron chi connectivity index (χ2n) is 7.63. The number of aromatic nitrogens is 1. The van der Waals surface area contributed by atoms with Gasteiger partial charge in [0.2, 0.25) is 0 Å². The van der Waals surface area contributed by atoms with Crippen LogP contribution in [0.15, 0.2) is 46.0 Å². The largest absolute Gasteiger partial charge is 0.469 e. The minimum Gasteiger partial charge on any atom is -0.469 e. The molecule has 2 aromatic rings. The van der Waals surface area contributed by atoms with Gasteiger partial charge in [-0.25, -0.2) is 4.98 Å². The van der Waals surface area contributed by atoms with E-state index in [0.29, 0.717) is 18.3 Å². The van der Waals surface area contributed by atoms with Crippen molar-refractivity contribution in [3.63, 3.8) is 0 Å². The maximum absolute atomic E-state index is 9.09. The smallest absolute Gasteiger partial charge is 0.194 e. The van der Waals surface area contributed by atoms with Gasteiger partial charge in [0.25, 0.3) is 0 Å². The summed E-state index contributed by atoms with van der Waals surface area (Å²) in [5.41, 5.74) is 0.466. The maximum atomic E-state index is 9.09. The fourth-order valence-electron chi connectivity index (χ4n) is 4.03. The van der Waals surface area contributed by atoms with Gasteiger partial charge in [-0.3, -0.25) is 4.99 Å². The average molecular weight is 393 g/mol. The van der Waals surface area contributed by atoms with Crippen LogP contribution in [0.3, 0.4) is 0 Å². The summed E-state index contributed by atoms with van der Waals surface area (Å²) in [7, 11) is 0. The Kier molecular flexibility index (Phi) is 6.30. The molecule has 0 unspecified atom stereocenters. The SMILES string of the molecule is N#Cc1cccc(N2CCN(C(=NCCc3ccco3)NC3CCCC3)CC2)n1. The molecule has 0 atom stereocenters. The van der Waals surface area contributed by atoms with Crippen molar-refractivity contribution in [3.8, 4) is 6.07 Å². The summed E-state index contributed by atoms with van der Waals surface area (Å²) in [6.45, 7) is 4.22. The number of nitrogens with one attached hydrogen (secondary N) is 1. The highest BCUT2D eigenvalue weighted by Gasteiger charge is 2.24. The lowest BCUT2D eigenvalue weighted by Gasteiger charge is -2.38. The predicted octanol–water partition coefficient (Wildman–Crippen LogP) is 2.80. The molecule has 152 valence electrons. The molecule has 1 saturated carbocycles. The molecular weight excluding hydrogens is 364 g/mol. The van der Waals surface area contributed by atoms with E-state index in [4.69, 9.17) is 14.7 Å². The van der Waals surface area contributed by atoms with E-state index in [1.165, 1.54) is 25.7 Å². The summed E-state index contributed by atoms with van der Waals surface area (Å²) in [6, 6.07) is 12.2. The number of anilines is 1. The highest BCUT2D eigenvalue weighted by Crippen LogP contribution is 2.19. The van der Waals surface area contributed by atoms with Crippen LogP contribution in [0.25, 0.3) is 0 Å². The number of hydrogen-bond donors (Lipinski definition) is 1. The standard InChI is InChI=1S/C22H28N6O/c23-17-19-7-3-9-21(25-19)27-12-14-28(15-13-27)22(26-18-5-1-2-6-18)24-11-10-20-8-4-16-29-20/h3-4,7-9,16,18H,1-2,5-6,10-15H2,(H,24,26). The molecule has 0 spiro atoms. The third-order valence-corrected chi connectivity index (χ3v) is 5.64. The van der Waals surface area contributed by atoms with Gasteiger partial charge in [0.15, 0.2) is 5.96 Å². The Balaban J connectivity index is 1.38. The fourth-order valence-corrected chi connectivity index (χ4v) is 4.03. The van der Waals surface area contributed by atoms with Crippen LogP contribution in [-0.4, -0.2) is 54.6 Å². The number of aliphatic imine (C=N–C) groups is 1. The molecule has 1 N–H and O–H groups in total. The maximum Gasteiger partial charge on any atom is 0.194 e. The van der Waals surface area contributed by atoms with Crippen molar-refractivity contribution >= 4 is 11.8 Å². The van der Waals surface area contributed by atoms with Crippen LogP contribution >= 0.6 is 0 Å². The van der Waals surface area contributed by atoms with Crippen LogP contribution in [0.4, 0.5) is 5.82 Å². The van der Waals surface area contributed by atoms with Crippen LogP contribution in [0.2, 0.25) is 0 Å². The van der Waals surface area contributed by atoms with E-state index >= 15 is 0 Å². The molecule has 0 radical (unpaired) electrons. The van der Waals surface area contributed by atoms with Gasteiger partial charge in [0.05, 0.1) is 6.26 Å². The first-order chi connectivity index (χ1) is 14.3. The van der Waals surface area contributed by atoms with Gasteiger partial charge in [-0.15, -0.1) is 0 Å². The van der Waals surface area contributed by atoms with Crippen molar-refractivity contribution in [3.05, 3.63) is 48.0 Å². The minimum atomic E-state index is 0.466. The number of rotatable bonds is 5. The van der Waals surface area contributed by atoms with Crippen molar-refractivity contribution in [1.29, 1.82) is 5.26 Å². The van der Waals surface area contributed by atoms with E-state index in [1.807, 2.05) is 24.3 Å². The lowest BCUT2D eigenvalue weighted by molar-refractivity contribution is 0.364. The van der Waals surface area contributed by atoms with Gasteiger partial charge >= 0.3 is 0 Å². The molecule has 7 heteroatoms. The van der Waals surface area contributed by atoms with Gasteiger partial charge < -0.3 is 19.5 Å². The molecule has 0 bridgehead atoms. The monoisotopic (exact) mass is 392 g/mol. The lowest BCUT2D eigenvalue weighted by atomic mass is 10.2. The Bertz CT molecular complexity index is 842. The zero-order chi connectivity index (χ0) is 19.9. The number of nitriles is 1. The van der Waals surface area contributed by atoms with Crippen molar-refractivity contribution < 1.29 is 4.42 Å². The van der Waals surface area contributed by atoms with E-state index in [9.17, 15) is 0 Å². The molecule has 4 rings (SSSR count). The fraction of sp³-hybridized carbons (Fsp3) is 0.500. The third kappa shape index (κ3) is 5.08. The van der Waals surface area contributed by atoms with E-state index < -0.39 is 0 Å². The van der Waals surface area contributed by atoms with E-state index in [0.717, 1.165) is 50.1 Å². The third-order valence-electron chi connectivity index (χ3n) is 5.64. The molecule has 7 nitrogen and oxygen atoms in total. The Hall–Kier alpha value is -3.01. The molecule has 2 aromatic heterocycles. The topological polar surface area (TPSA) is 80.7 Å². The highest BCUT2D eigenvalue weighted by atomic mass is 16.3. The summed E-state index contributed by atoms with van der Waals surface area (Å²) in [5.74, 6) is 2.87. The van der Waals surface area contributed by atoms with Gasteiger partial charge in [-0.1, -0.05) is 18.9 Å². The molecule has 2 aliphatic rings. The van der Waals surface area contributed by atoms with Crippen molar-refractivity contribution in [2.75, 3.05) is 37.6 Å². The summed E-state index contributed by atoms with van der Waals surface area (Å²) >= 11 is 0. The van der Waals surface area contributed by atoms with Crippen molar-refractivity contribution in [1.82, 2.24) is 15.2 Å². The van der Waals surface area contributed by atoms with Gasteiger partial charge in [0.1, 0.15) is 23.3 Å². The summed E-state index contributed by atoms with van der Waals surface area (Å²) in [6.07, 6.45) is 7.57. The van der Waals surface area contributed by atoms with Gasteiger partial charge in [-0.2, -0.15) is 5.26 Å². The van der Waals surface area contributed by atoms with E-state index in [2.05, 4.69) is 26.2 Å². The Morgan fingerprint density at radius 1 is 1.17 bits per heavy atom. The number of guanidine groups is 1. The minimum absolute atomic E-state index is 0.466. The van der Waals surface area contributed by atoms with Crippen molar-refractivity contribution in [2.24, 2.45) is 4.99 Å². The molecule has 0 amide bonds. The molecule has 1 aliphatic heterocycles. The van der Waals surface area contributed by atoms with Crippen molar-refractivity contribution in [2.45, 2.75) is 38.1 Å². The zero-order valence-electron chi connectivity index (χ0n) is 16.8. The zero-order valence-corrected chi connectivity index (χ0v) is 16.8. The molecule has 2 fully saturated rings. The number of furan rings is 1. The molecule has 1 saturated heterocycles. The van der Waals surface area contributed by atoms with Gasteiger partial charge in [-0.05, 0) is 37.1 Å². The van der Waals surface area contributed by atoms with E-state index in [-0.39, 0.29) is 0 Å².